The molecule has 0 aliphatic carbocycles. The monoisotopic (exact) mass is 601 g/mol. The minimum absolute atomic E-state index is 0.0162. The molecule has 1 saturated heterocycles. The number of piperidine rings is 1. The molecule has 0 saturated carbocycles. The topological polar surface area (TPSA) is 91.8 Å². The second-order valence-electron chi connectivity index (χ2n) is 9.87. The number of amides is 1. The fourth-order valence-electron chi connectivity index (χ4n) is 5.32. The first kappa shape index (κ1) is 28.3. The Balaban J connectivity index is 1.67. The number of carbonyl (C=O) groups is 2. The summed E-state index contributed by atoms with van der Waals surface area (Å²) in [5.41, 5.74) is 2.98. The first-order valence-corrected chi connectivity index (χ1v) is 14.0. The first-order chi connectivity index (χ1) is 18.3. The molecule has 2 heterocycles. The molecule has 1 aromatic heterocycles. The number of carboxylic acids is 1. The maximum absolute atomic E-state index is 13.8. The summed E-state index contributed by atoms with van der Waals surface area (Å²) >= 11 is 9.98. The van der Waals surface area contributed by atoms with Gasteiger partial charge in [-0.1, -0.05) is 45.7 Å². The summed E-state index contributed by atoms with van der Waals surface area (Å²) in [6.07, 6.45) is 2.49. The standard InChI is InChI=1S/C29H33BrClN3O4/c1-18-27(29(37)32-15-20(9-12-26(35)36)22-7-3-4-8-24(22)31)23-14-21(30)10-11-25(23)33-28(18)34-13-5-6-19(16-34)17-38-2/h3-4,7-8,10-11,14,19-20H,5-6,9,12-13,15-17H2,1-2H3,(H,32,37)(H,35,36). The molecule has 0 spiro atoms. The highest BCUT2D eigenvalue weighted by Crippen LogP contribution is 2.33. The van der Waals surface area contributed by atoms with Gasteiger partial charge in [0, 0.05) is 59.5 Å². The fourth-order valence-corrected chi connectivity index (χ4v) is 5.97. The number of anilines is 1. The Morgan fingerprint density at radius 1 is 1.29 bits per heavy atom. The lowest BCUT2D eigenvalue weighted by molar-refractivity contribution is -0.137. The number of hydrogen-bond donors (Lipinski definition) is 2. The van der Waals surface area contributed by atoms with Crippen molar-refractivity contribution < 1.29 is 19.4 Å². The number of ether oxygens (including phenoxy) is 1. The van der Waals surface area contributed by atoms with Crippen LogP contribution in [0.3, 0.4) is 0 Å². The zero-order chi connectivity index (χ0) is 27.2. The number of nitrogens with zero attached hydrogens (tertiary/aromatic N) is 2. The van der Waals surface area contributed by atoms with Crippen LogP contribution in [0, 0.1) is 12.8 Å². The molecule has 7 nitrogen and oxygen atoms in total. The van der Waals surface area contributed by atoms with Crippen LogP contribution in [0.1, 0.15) is 53.1 Å². The third kappa shape index (κ3) is 6.65. The summed E-state index contributed by atoms with van der Waals surface area (Å²) in [5, 5.41) is 13.7. The van der Waals surface area contributed by atoms with Gasteiger partial charge in [0.05, 0.1) is 17.7 Å². The molecule has 1 fully saturated rings. The van der Waals surface area contributed by atoms with Crippen LogP contribution in [-0.2, 0) is 9.53 Å². The second-order valence-corrected chi connectivity index (χ2v) is 11.2. The number of benzene rings is 2. The molecule has 0 radical (unpaired) electrons. The highest BCUT2D eigenvalue weighted by Gasteiger charge is 2.26. The first-order valence-electron chi connectivity index (χ1n) is 12.9. The molecule has 2 atom stereocenters. The van der Waals surface area contributed by atoms with Crippen molar-refractivity contribution in [3.05, 3.63) is 68.7 Å². The molecular weight excluding hydrogens is 570 g/mol. The normalized spacial score (nSPS) is 16.4. The molecule has 2 aromatic carbocycles. The third-order valence-electron chi connectivity index (χ3n) is 7.17. The van der Waals surface area contributed by atoms with E-state index < -0.39 is 5.97 Å². The number of fused-ring (bicyclic) bond motifs is 1. The Bertz CT molecular complexity index is 1320. The summed E-state index contributed by atoms with van der Waals surface area (Å²) in [7, 11) is 1.73. The number of methoxy groups -OCH3 is 1. The van der Waals surface area contributed by atoms with Gasteiger partial charge >= 0.3 is 5.97 Å². The van der Waals surface area contributed by atoms with Crippen LogP contribution in [0.4, 0.5) is 5.82 Å². The van der Waals surface area contributed by atoms with Gasteiger partial charge in [0.2, 0.25) is 0 Å². The number of aliphatic carboxylic acids is 1. The third-order valence-corrected chi connectivity index (χ3v) is 8.01. The van der Waals surface area contributed by atoms with E-state index in [1.807, 2.05) is 43.3 Å². The summed E-state index contributed by atoms with van der Waals surface area (Å²) in [4.78, 5) is 32.4. The largest absolute Gasteiger partial charge is 0.481 e. The van der Waals surface area contributed by atoms with Crippen LogP contribution >= 0.6 is 27.5 Å². The number of pyridine rings is 1. The molecule has 1 aliphatic heterocycles. The lowest BCUT2D eigenvalue weighted by Crippen LogP contribution is -2.38. The Hall–Kier alpha value is -2.68. The smallest absolute Gasteiger partial charge is 0.303 e. The molecule has 4 rings (SSSR count). The summed E-state index contributed by atoms with van der Waals surface area (Å²) in [6.45, 7) is 4.62. The van der Waals surface area contributed by atoms with Gasteiger partial charge < -0.3 is 20.1 Å². The number of aromatic nitrogens is 1. The molecule has 202 valence electrons. The zero-order valence-corrected chi connectivity index (χ0v) is 24.0. The van der Waals surface area contributed by atoms with Gasteiger partial charge in [-0.2, -0.15) is 0 Å². The molecule has 1 amide bonds. The van der Waals surface area contributed by atoms with Gasteiger partial charge in [-0.3, -0.25) is 9.59 Å². The number of halogens is 2. The van der Waals surface area contributed by atoms with Gasteiger partial charge in [-0.25, -0.2) is 4.98 Å². The summed E-state index contributed by atoms with van der Waals surface area (Å²) in [5.74, 6) is -0.0998. The quantitative estimate of drug-likeness (QED) is 0.287. The highest BCUT2D eigenvalue weighted by atomic mass is 79.9. The highest BCUT2D eigenvalue weighted by molar-refractivity contribution is 9.10. The molecule has 2 N–H and O–H groups in total. The number of nitrogens with one attached hydrogen (secondary N) is 1. The van der Waals surface area contributed by atoms with Crippen molar-refractivity contribution in [2.45, 2.75) is 38.5 Å². The van der Waals surface area contributed by atoms with Crippen molar-refractivity contribution in [1.82, 2.24) is 10.3 Å². The van der Waals surface area contributed by atoms with E-state index in [1.165, 1.54) is 0 Å². The Morgan fingerprint density at radius 3 is 2.82 bits per heavy atom. The van der Waals surface area contributed by atoms with Gasteiger partial charge in [0.1, 0.15) is 5.82 Å². The molecular formula is C29H33BrClN3O4. The van der Waals surface area contributed by atoms with Gasteiger partial charge in [-0.15, -0.1) is 0 Å². The number of carbonyl (C=O) groups excluding carboxylic acids is 1. The number of rotatable bonds is 10. The van der Waals surface area contributed by atoms with E-state index in [9.17, 15) is 14.7 Å². The molecule has 2 unspecified atom stereocenters. The fraction of sp³-hybridized carbons (Fsp3) is 0.414. The van der Waals surface area contributed by atoms with Gasteiger partial charge in [0.15, 0.2) is 0 Å². The van der Waals surface area contributed by atoms with Crippen LogP contribution in [0.25, 0.3) is 10.9 Å². The predicted molar refractivity (Wildman–Crippen MR) is 154 cm³/mol. The number of hydrogen-bond acceptors (Lipinski definition) is 5. The van der Waals surface area contributed by atoms with Crippen LogP contribution in [0.15, 0.2) is 46.9 Å². The Morgan fingerprint density at radius 2 is 2.08 bits per heavy atom. The minimum atomic E-state index is -0.882. The van der Waals surface area contributed by atoms with Gasteiger partial charge in [-0.05, 0) is 61.9 Å². The Kier molecular flexibility index (Phi) is 9.63. The average molecular weight is 603 g/mol. The lowest BCUT2D eigenvalue weighted by atomic mass is 9.93. The van der Waals surface area contributed by atoms with E-state index in [0.29, 0.717) is 29.5 Å². The van der Waals surface area contributed by atoms with Crippen molar-refractivity contribution in [1.29, 1.82) is 0 Å². The lowest BCUT2D eigenvalue weighted by Gasteiger charge is -2.34. The van der Waals surface area contributed by atoms with Crippen LogP contribution in [0.5, 0.6) is 0 Å². The predicted octanol–water partition coefficient (Wildman–Crippen LogP) is 6.20. The number of carboxylic acid groups (broad SMARTS) is 1. The van der Waals surface area contributed by atoms with Crippen molar-refractivity contribution in [2.24, 2.45) is 5.92 Å². The van der Waals surface area contributed by atoms with Crippen molar-refractivity contribution in [3.8, 4) is 0 Å². The molecule has 3 aromatic rings. The molecule has 9 heteroatoms. The minimum Gasteiger partial charge on any atom is -0.481 e. The van der Waals surface area contributed by atoms with E-state index >= 15 is 0 Å². The van der Waals surface area contributed by atoms with Gasteiger partial charge in [0.25, 0.3) is 5.91 Å². The maximum Gasteiger partial charge on any atom is 0.303 e. The van der Waals surface area contributed by atoms with E-state index in [0.717, 1.165) is 58.3 Å². The van der Waals surface area contributed by atoms with Crippen molar-refractivity contribution >= 4 is 56.1 Å². The molecule has 38 heavy (non-hydrogen) atoms. The van der Waals surface area contributed by atoms with Crippen LogP contribution < -0.4 is 10.2 Å². The van der Waals surface area contributed by atoms with Crippen molar-refractivity contribution in [2.75, 3.05) is 38.3 Å². The summed E-state index contributed by atoms with van der Waals surface area (Å²) in [6, 6.07) is 13.2. The van der Waals surface area contributed by atoms with Crippen LogP contribution in [0.2, 0.25) is 5.02 Å². The van der Waals surface area contributed by atoms with E-state index in [-0.39, 0.29) is 24.8 Å². The summed E-state index contributed by atoms with van der Waals surface area (Å²) < 4.78 is 6.27. The molecule has 1 aliphatic rings. The van der Waals surface area contributed by atoms with E-state index in [1.54, 1.807) is 13.2 Å². The zero-order valence-electron chi connectivity index (χ0n) is 21.7. The van der Waals surface area contributed by atoms with E-state index in [2.05, 4.69) is 26.1 Å². The maximum atomic E-state index is 13.8. The average Bonchev–Trinajstić information content (AvgIpc) is 2.89. The Labute approximate surface area is 236 Å². The van der Waals surface area contributed by atoms with E-state index in [4.69, 9.17) is 21.3 Å². The van der Waals surface area contributed by atoms with Crippen molar-refractivity contribution in [3.63, 3.8) is 0 Å². The van der Waals surface area contributed by atoms with Crippen LogP contribution in [-0.4, -0.2) is 55.3 Å². The SMILES string of the molecule is COCC1CCCN(c2nc3ccc(Br)cc3c(C(=O)NCC(CCC(=O)O)c3ccccc3Cl)c2C)C1. The molecule has 0 bridgehead atoms. The second kappa shape index (κ2) is 12.9.